The smallest absolute Gasteiger partial charge is 0.303 e. The fraction of sp³-hybridized carbons (Fsp3) is 0.455. The van der Waals surface area contributed by atoms with E-state index >= 15 is 0 Å². The Balaban J connectivity index is 0.00000583. The van der Waals surface area contributed by atoms with Crippen LogP contribution in [0.25, 0.3) is 0 Å². The molecule has 0 radical (unpaired) electrons. The van der Waals surface area contributed by atoms with Gasteiger partial charge in [-0.05, 0) is 82.2 Å². The lowest BCUT2D eigenvalue weighted by atomic mass is 9.80. The number of para-hydroxylation sites is 2. The van der Waals surface area contributed by atoms with Crippen LogP contribution in [0.5, 0.6) is 0 Å². The maximum atomic E-state index is 12.4. The van der Waals surface area contributed by atoms with Crippen LogP contribution in [0.15, 0.2) is 96.3 Å². The molecule has 0 atom stereocenters. The van der Waals surface area contributed by atoms with E-state index in [1.807, 2.05) is 24.3 Å². The van der Waals surface area contributed by atoms with Gasteiger partial charge >= 0.3 is 5.97 Å². The number of ketones is 1. The van der Waals surface area contributed by atoms with Gasteiger partial charge in [-0.15, -0.1) is 0 Å². The molecule has 1 N–H and O–H groups in total. The van der Waals surface area contributed by atoms with Crippen molar-refractivity contribution in [2.45, 2.75) is 109 Å². The minimum absolute atomic E-state index is 0. The molecule has 7 heteroatoms. The second kappa shape index (κ2) is 18.1. The van der Waals surface area contributed by atoms with Gasteiger partial charge in [0.15, 0.2) is 5.71 Å². The van der Waals surface area contributed by atoms with Gasteiger partial charge in [-0.1, -0.05) is 75.2 Å². The van der Waals surface area contributed by atoms with E-state index in [-0.39, 0.29) is 41.2 Å². The molecule has 270 valence electrons. The molecule has 0 saturated heterocycles. The number of aliphatic carboxylic acids is 1. The van der Waals surface area contributed by atoms with Gasteiger partial charge in [0.25, 0.3) is 0 Å². The van der Waals surface area contributed by atoms with E-state index in [9.17, 15) is 14.9 Å². The Morgan fingerprint density at radius 1 is 0.902 bits per heavy atom. The van der Waals surface area contributed by atoms with Crippen molar-refractivity contribution >= 4 is 28.8 Å². The number of carbonyl (C=O) groups excluding carboxylic acids is 1. The minimum Gasteiger partial charge on any atom is -1.00 e. The zero-order valence-corrected chi connectivity index (χ0v) is 33.0. The summed E-state index contributed by atoms with van der Waals surface area (Å²) in [6.45, 7) is 10.7. The standard InChI is InChI=1S/C44H53N3O3.HI/c1-43(2)35-22-9-11-24-37(35)46(30-13-5-7-26-39(48)34-20-17-21-34)40(43)27-15-18-33(32-45)19-16-28-41-44(3,4)36-23-10-12-25-38(36)47(41)31-14-6-8-29-42(49)50;/h9-12,15-16,18-19,22-25,27-28,34H,5-8,13-14,17,20-21,26,29-31H2,1-4H3;1H. The maximum Gasteiger partial charge on any atom is 0.303 e. The number of allylic oxidation sites excluding steroid dienone is 8. The normalized spacial score (nSPS) is 18.5. The molecule has 6 nitrogen and oxygen atoms in total. The van der Waals surface area contributed by atoms with E-state index in [0.717, 1.165) is 58.0 Å². The molecular weight excluding hydrogens is 745 g/mol. The Kier molecular flexibility index (Phi) is 14.2. The van der Waals surface area contributed by atoms with Crippen molar-refractivity contribution < 1.29 is 43.2 Å². The number of nitriles is 1. The molecule has 0 bridgehead atoms. The van der Waals surface area contributed by atoms with Gasteiger partial charge in [-0.2, -0.15) is 9.84 Å². The molecule has 1 aliphatic carbocycles. The van der Waals surface area contributed by atoms with Gasteiger partial charge in [-0.3, -0.25) is 9.59 Å². The van der Waals surface area contributed by atoms with Crippen LogP contribution in [0, 0.1) is 17.2 Å². The van der Waals surface area contributed by atoms with Gasteiger partial charge in [0.05, 0.1) is 17.1 Å². The van der Waals surface area contributed by atoms with E-state index in [1.165, 1.54) is 40.3 Å². The number of nitrogens with zero attached hydrogens (tertiary/aromatic N) is 3. The number of fused-ring (bicyclic) bond motifs is 2. The number of carbonyl (C=O) groups is 2. The molecule has 1 fully saturated rings. The number of rotatable bonds is 17. The molecule has 0 spiro atoms. The van der Waals surface area contributed by atoms with Crippen molar-refractivity contribution in [1.82, 2.24) is 0 Å². The SMILES string of the molecule is CC1(C)C(/C=C/C=C(C#N)/C=C/C=C2/N(CCCCCC(=O)C3CCC3)c3ccccc3C2(C)C)=[N+](CCCCCC(=O)O)c2ccccc21.[I-]. The lowest BCUT2D eigenvalue weighted by molar-refractivity contribution is -0.438. The summed E-state index contributed by atoms with van der Waals surface area (Å²) in [5, 5.41) is 19.1. The van der Waals surface area contributed by atoms with Crippen LogP contribution in [0.3, 0.4) is 0 Å². The molecule has 51 heavy (non-hydrogen) atoms. The van der Waals surface area contributed by atoms with Crippen LogP contribution in [-0.2, 0) is 20.4 Å². The topological polar surface area (TPSA) is 84.4 Å². The zero-order chi connectivity index (χ0) is 35.7. The third-order valence-corrected chi connectivity index (χ3v) is 10.9. The predicted molar refractivity (Wildman–Crippen MR) is 203 cm³/mol. The number of Topliss-reactive ketones (excluding diaryl/α,β-unsaturated/α-hetero) is 1. The lowest BCUT2D eigenvalue weighted by Gasteiger charge is -2.27. The quantitative estimate of drug-likeness (QED) is 0.0621. The number of carboxylic acids is 1. The van der Waals surface area contributed by atoms with Crippen LogP contribution in [-0.4, -0.2) is 40.2 Å². The summed E-state index contributed by atoms with van der Waals surface area (Å²) in [5.74, 6) is 0.0505. The van der Waals surface area contributed by atoms with E-state index in [2.05, 4.69) is 104 Å². The molecule has 0 amide bonds. The highest BCUT2D eigenvalue weighted by Gasteiger charge is 2.44. The second-order valence-electron chi connectivity index (χ2n) is 15.1. The van der Waals surface area contributed by atoms with Crippen LogP contribution in [0.2, 0.25) is 0 Å². The molecule has 2 aromatic carbocycles. The van der Waals surface area contributed by atoms with Crippen molar-refractivity contribution in [3.05, 3.63) is 107 Å². The molecule has 0 unspecified atom stereocenters. The van der Waals surface area contributed by atoms with Gasteiger partial charge in [0, 0.05) is 66.2 Å². The number of anilines is 1. The minimum atomic E-state index is -0.743. The number of hydrogen-bond acceptors (Lipinski definition) is 4. The summed E-state index contributed by atoms with van der Waals surface area (Å²) >= 11 is 0. The van der Waals surface area contributed by atoms with E-state index < -0.39 is 5.97 Å². The first-order valence-corrected chi connectivity index (χ1v) is 18.6. The Bertz CT molecular complexity index is 1770. The summed E-state index contributed by atoms with van der Waals surface area (Å²) in [7, 11) is 0. The summed E-state index contributed by atoms with van der Waals surface area (Å²) in [5.41, 5.74) is 7.60. The van der Waals surface area contributed by atoms with Crippen molar-refractivity contribution in [1.29, 1.82) is 5.26 Å². The van der Waals surface area contributed by atoms with Crippen LogP contribution >= 0.6 is 0 Å². The monoisotopic (exact) mass is 799 g/mol. The molecule has 2 aliphatic heterocycles. The molecular formula is C44H54IN3O3. The van der Waals surface area contributed by atoms with E-state index in [0.29, 0.717) is 30.1 Å². The number of unbranched alkanes of at least 4 members (excludes halogenated alkanes) is 4. The van der Waals surface area contributed by atoms with Gasteiger partial charge in [-0.25, -0.2) is 0 Å². The van der Waals surface area contributed by atoms with Crippen molar-refractivity contribution in [3.8, 4) is 6.07 Å². The van der Waals surface area contributed by atoms with Crippen molar-refractivity contribution in [3.63, 3.8) is 0 Å². The first-order chi connectivity index (χ1) is 24.1. The Labute approximate surface area is 322 Å². The lowest BCUT2D eigenvalue weighted by Crippen LogP contribution is -3.00. The fourth-order valence-corrected chi connectivity index (χ4v) is 7.78. The second-order valence-corrected chi connectivity index (χ2v) is 15.1. The van der Waals surface area contributed by atoms with Gasteiger partial charge < -0.3 is 34.0 Å². The number of hydrogen-bond donors (Lipinski definition) is 1. The van der Waals surface area contributed by atoms with Gasteiger partial charge in [0.2, 0.25) is 5.69 Å². The Morgan fingerprint density at radius 3 is 2.29 bits per heavy atom. The molecule has 1 saturated carbocycles. The van der Waals surface area contributed by atoms with Gasteiger partial charge in [0.1, 0.15) is 12.3 Å². The summed E-state index contributed by atoms with van der Waals surface area (Å²) < 4.78 is 2.35. The number of benzene rings is 2. The molecule has 5 rings (SSSR count). The Morgan fingerprint density at radius 2 is 1.59 bits per heavy atom. The molecule has 2 aromatic rings. The average Bonchev–Trinajstić information content (AvgIpc) is 3.41. The highest BCUT2D eigenvalue weighted by Crippen LogP contribution is 2.47. The highest BCUT2D eigenvalue weighted by atomic mass is 127. The summed E-state index contributed by atoms with van der Waals surface area (Å²) in [6, 6.07) is 19.5. The maximum absolute atomic E-state index is 12.4. The van der Waals surface area contributed by atoms with Crippen LogP contribution in [0.1, 0.15) is 109 Å². The van der Waals surface area contributed by atoms with Crippen LogP contribution in [0.4, 0.5) is 11.4 Å². The third-order valence-electron chi connectivity index (χ3n) is 10.9. The largest absolute Gasteiger partial charge is 1.00 e. The Hall–Kier alpha value is -3.77. The van der Waals surface area contributed by atoms with E-state index in [4.69, 9.17) is 5.11 Å². The van der Waals surface area contributed by atoms with E-state index in [1.54, 1.807) is 0 Å². The molecule has 0 aromatic heterocycles. The summed E-state index contributed by atoms with van der Waals surface area (Å²) in [4.78, 5) is 25.8. The van der Waals surface area contributed by atoms with Crippen molar-refractivity contribution in [2.24, 2.45) is 5.92 Å². The van der Waals surface area contributed by atoms with Crippen LogP contribution < -0.4 is 28.9 Å². The average molecular weight is 800 g/mol. The highest BCUT2D eigenvalue weighted by molar-refractivity contribution is 6.03. The zero-order valence-electron chi connectivity index (χ0n) is 30.8. The number of carboxylic acid groups (broad SMARTS) is 1. The fourth-order valence-electron chi connectivity index (χ4n) is 7.78. The molecule has 3 aliphatic rings. The number of halogens is 1. The third kappa shape index (κ3) is 9.37. The first-order valence-electron chi connectivity index (χ1n) is 18.6. The first kappa shape index (κ1) is 40.0. The summed E-state index contributed by atoms with van der Waals surface area (Å²) in [6.07, 6.45) is 21.8. The molecule has 2 heterocycles. The van der Waals surface area contributed by atoms with Crippen molar-refractivity contribution in [2.75, 3.05) is 18.0 Å². The predicted octanol–water partition coefficient (Wildman–Crippen LogP) is 6.89.